The third-order valence-electron chi connectivity index (χ3n) is 2.68. The minimum atomic E-state index is -0.738. The van der Waals surface area contributed by atoms with Crippen LogP contribution in [0.15, 0.2) is 16.5 Å². The Hall–Kier alpha value is -1.82. The molecular formula is C12H13F2N3O. The second kappa shape index (κ2) is 4.81. The van der Waals surface area contributed by atoms with Crippen molar-refractivity contribution >= 4 is 0 Å². The molecule has 0 fully saturated rings. The topological polar surface area (TPSA) is 64.9 Å². The van der Waals surface area contributed by atoms with E-state index in [-0.39, 0.29) is 23.4 Å². The van der Waals surface area contributed by atoms with Gasteiger partial charge in [0.05, 0.1) is 11.6 Å². The summed E-state index contributed by atoms with van der Waals surface area (Å²) in [4.78, 5) is 0. The third-order valence-corrected chi connectivity index (χ3v) is 2.68. The number of aromatic nitrogens is 2. The number of rotatable bonds is 3. The Morgan fingerprint density at radius 1 is 1.28 bits per heavy atom. The molecule has 0 aliphatic carbocycles. The predicted molar refractivity (Wildman–Crippen MR) is 61.6 cm³/mol. The number of nitrogens with two attached hydrogens (primary N) is 1. The van der Waals surface area contributed by atoms with Gasteiger partial charge in [-0.2, -0.15) is 0 Å². The van der Waals surface area contributed by atoms with E-state index in [4.69, 9.17) is 10.2 Å². The fraction of sp³-hybridized carbons (Fsp3) is 0.333. The maximum atomic E-state index is 13.6. The summed E-state index contributed by atoms with van der Waals surface area (Å²) in [6, 6.07) is 1.75. The van der Waals surface area contributed by atoms with E-state index in [0.29, 0.717) is 12.0 Å². The number of halogens is 2. The van der Waals surface area contributed by atoms with Crippen molar-refractivity contribution in [3.05, 3.63) is 35.2 Å². The lowest BCUT2D eigenvalue weighted by molar-refractivity contribution is 0.450. The summed E-state index contributed by atoms with van der Waals surface area (Å²) in [7, 11) is 0. The van der Waals surface area contributed by atoms with Gasteiger partial charge >= 0.3 is 0 Å². The normalized spacial score (nSPS) is 12.7. The molecule has 0 saturated heterocycles. The van der Waals surface area contributed by atoms with Crippen LogP contribution in [0.4, 0.5) is 8.78 Å². The zero-order chi connectivity index (χ0) is 13.3. The van der Waals surface area contributed by atoms with Crippen LogP contribution in [0.3, 0.4) is 0 Å². The van der Waals surface area contributed by atoms with Crippen LogP contribution in [0.5, 0.6) is 0 Å². The highest BCUT2D eigenvalue weighted by atomic mass is 19.1. The summed E-state index contributed by atoms with van der Waals surface area (Å²) in [5, 5.41) is 7.48. The molecule has 0 radical (unpaired) electrons. The first-order chi connectivity index (χ1) is 8.52. The van der Waals surface area contributed by atoms with E-state index in [1.165, 1.54) is 13.0 Å². The highest BCUT2D eigenvalue weighted by Gasteiger charge is 2.17. The summed E-state index contributed by atoms with van der Waals surface area (Å²) in [6.45, 7) is 3.41. The zero-order valence-electron chi connectivity index (χ0n) is 10.1. The van der Waals surface area contributed by atoms with Crippen LogP contribution < -0.4 is 5.73 Å². The molecule has 0 aliphatic rings. The van der Waals surface area contributed by atoms with Crippen LogP contribution in [0.25, 0.3) is 11.5 Å². The molecule has 96 valence electrons. The highest BCUT2D eigenvalue weighted by Crippen LogP contribution is 2.25. The highest BCUT2D eigenvalue weighted by molar-refractivity contribution is 5.55. The first-order valence-electron chi connectivity index (χ1n) is 5.58. The maximum absolute atomic E-state index is 13.6. The first kappa shape index (κ1) is 12.6. The van der Waals surface area contributed by atoms with E-state index in [9.17, 15) is 8.78 Å². The van der Waals surface area contributed by atoms with Gasteiger partial charge in [-0.1, -0.05) is 6.92 Å². The van der Waals surface area contributed by atoms with Crippen molar-refractivity contribution in [1.29, 1.82) is 0 Å². The Bertz CT molecular complexity index is 568. The quantitative estimate of drug-likeness (QED) is 0.913. The maximum Gasteiger partial charge on any atom is 0.250 e. The monoisotopic (exact) mass is 253 g/mol. The smallest absolute Gasteiger partial charge is 0.250 e. The van der Waals surface area contributed by atoms with E-state index in [0.717, 1.165) is 6.07 Å². The van der Waals surface area contributed by atoms with E-state index in [1.54, 1.807) is 0 Å². The second-order valence-corrected chi connectivity index (χ2v) is 4.04. The molecule has 2 N–H and O–H groups in total. The van der Waals surface area contributed by atoms with Gasteiger partial charge in [-0.15, -0.1) is 10.2 Å². The largest absolute Gasteiger partial charge is 0.419 e. The van der Waals surface area contributed by atoms with Gasteiger partial charge in [-0.25, -0.2) is 8.78 Å². The van der Waals surface area contributed by atoms with Gasteiger partial charge in [0.15, 0.2) is 0 Å². The molecule has 6 heteroatoms. The van der Waals surface area contributed by atoms with Crippen LogP contribution in [-0.2, 0) is 0 Å². The molecule has 1 aromatic heterocycles. The summed E-state index contributed by atoms with van der Waals surface area (Å²) >= 11 is 0. The van der Waals surface area contributed by atoms with Gasteiger partial charge in [-0.3, -0.25) is 0 Å². The number of benzene rings is 1. The second-order valence-electron chi connectivity index (χ2n) is 4.04. The minimum Gasteiger partial charge on any atom is -0.419 e. The van der Waals surface area contributed by atoms with Gasteiger partial charge < -0.3 is 10.2 Å². The van der Waals surface area contributed by atoms with Crippen molar-refractivity contribution in [2.45, 2.75) is 26.3 Å². The molecule has 0 saturated carbocycles. The molecule has 0 bridgehead atoms. The number of hydrogen-bond acceptors (Lipinski definition) is 4. The molecule has 18 heavy (non-hydrogen) atoms. The van der Waals surface area contributed by atoms with Crippen molar-refractivity contribution in [2.24, 2.45) is 5.73 Å². The van der Waals surface area contributed by atoms with Crippen molar-refractivity contribution < 1.29 is 13.2 Å². The molecule has 1 atom stereocenters. The third kappa shape index (κ3) is 2.24. The zero-order valence-corrected chi connectivity index (χ0v) is 10.1. The van der Waals surface area contributed by atoms with Crippen LogP contribution in [0.1, 0.15) is 30.8 Å². The van der Waals surface area contributed by atoms with Crippen LogP contribution in [-0.4, -0.2) is 10.2 Å². The lowest BCUT2D eigenvalue weighted by atomic mass is 10.1. The molecule has 1 heterocycles. The number of aryl methyl sites for hydroxylation is 1. The van der Waals surface area contributed by atoms with Crippen LogP contribution in [0, 0.1) is 18.6 Å². The molecule has 2 aromatic rings. The van der Waals surface area contributed by atoms with Gasteiger partial charge in [0.25, 0.3) is 5.89 Å². The van der Waals surface area contributed by atoms with E-state index >= 15 is 0 Å². The van der Waals surface area contributed by atoms with E-state index in [2.05, 4.69) is 10.2 Å². The Balaban J connectivity index is 2.43. The lowest BCUT2D eigenvalue weighted by Crippen LogP contribution is -2.08. The van der Waals surface area contributed by atoms with Crippen molar-refractivity contribution in [3.63, 3.8) is 0 Å². The van der Waals surface area contributed by atoms with Crippen molar-refractivity contribution in [1.82, 2.24) is 10.2 Å². The summed E-state index contributed by atoms with van der Waals surface area (Å²) < 4.78 is 32.0. The average molecular weight is 253 g/mol. The van der Waals surface area contributed by atoms with Crippen molar-refractivity contribution in [3.8, 4) is 11.5 Å². The van der Waals surface area contributed by atoms with Crippen LogP contribution >= 0.6 is 0 Å². The summed E-state index contributed by atoms with van der Waals surface area (Å²) in [5.41, 5.74) is 6.12. The van der Waals surface area contributed by atoms with Gasteiger partial charge in [0, 0.05) is 6.07 Å². The molecule has 2 rings (SSSR count). The Morgan fingerprint density at radius 2 is 2.00 bits per heavy atom. The van der Waals surface area contributed by atoms with E-state index < -0.39 is 11.6 Å². The Kier molecular flexibility index (Phi) is 3.38. The van der Waals surface area contributed by atoms with E-state index in [1.807, 2.05) is 6.92 Å². The van der Waals surface area contributed by atoms with Gasteiger partial charge in [0.1, 0.15) is 11.6 Å². The Labute approximate surface area is 103 Å². The average Bonchev–Trinajstić information content (AvgIpc) is 2.82. The molecule has 0 aliphatic heterocycles. The molecule has 0 spiro atoms. The van der Waals surface area contributed by atoms with Gasteiger partial charge in [-0.05, 0) is 25.0 Å². The standard InChI is InChI=1S/C12H13F2N3O/c1-3-10(15)12-17-16-11(18-12)7-4-6(2)8(13)5-9(7)14/h4-5,10H,3,15H2,1-2H3. The summed E-state index contributed by atoms with van der Waals surface area (Å²) in [6.07, 6.45) is 0.632. The molecule has 1 unspecified atom stereocenters. The number of nitrogens with zero attached hydrogens (tertiary/aromatic N) is 2. The minimum absolute atomic E-state index is 0.00880. The Morgan fingerprint density at radius 3 is 2.67 bits per heavy atom. The number of hydrogen-bond donors (Lipinski definition) is 1. The molecule has 4 nitrogen and oxygen atoms in total. The first-order valence-corrected chi connectivity index (χ1v) is 5.58. The molecule has 0 amide bonds. The van der Waals surface area contributed by atoms with Crippen molar-refractivity contribution in [2.75, 3.05) is 0 Å². The predicted octanol–water partition coefficient (Wildman–Crippen LogP) is 2.73. The molecular weight excluding hydrogens is 240 g/mol. The SMILES string of the molecule is CCC(N)c1nnc(-c2cc(C)c(F)cc2F)o1. The fourth-order valence-electron chi connectivity index (χ4n) is 1.49. The van der Waals surface area contributed by atoms with Gasteiger partial charge in [0.2, 0.25) is 5.89 Å². The van der Waals surface area contributed by atoms with Crippen LogP contribution in [0.2, 0.25) is 0 Å². The molecule has 1 aromatic carbocycles. The fourth-order valence-corrected chi connectivity index (χ4v) is 1.49. The lowest BCUT2D eigenvalue weighted by Gasteiger charge is -2.02. The summed E-state index contributed by atoms with van der Waals surface area (Å²) in [5.74, 6) is -1.09.